The maximum Gasteiger partial charge on any atom is 0.121 e. The topological polar surface area (TPSA) is 76.1 Å². The molecule has 6 N–H and O–H groups in total. The van der Waals surface area contributed by atoms with Gasteiger partial charge in [-0.3, -0.25) is 5.32 Å². The zero-order chi connectivity index (χ0) is 16.7. The summed E-state index contributed by atoms with van der Waals surface area (Å²) < 4.78 is 0. The van der Waals surface area contributed by atoms with Gasteiger partial charge in [0.15, 0.2) is 0 Å². The van der Waals surface area contributed by atoms with Crippen molar-refractivity contribution >= 4 is 0 Å². The van der Waals surface area contributed by atoms with Crippen molar-refractivity contribution in [2.75, 3.05) is 19.6 Å². The van der Waals surface area contributed by atoms with Crippen LogP contribution in [0.25, 0.3) is 0 Å². The first-order chi connectivity index (χ1) is 10.6. The Morgan fingerprint density at radius 3 is 2.00 bits per heavy atom. The van der Waals surface area contributed by atoms with Crippen LogP contribution in [0.2, 0.25) is 0 Å². The summed E-state index contributed by atoms with van der Waals surface area (Å²) in [5.41, 5.74) is 12.6. The fourth-order valence-electron chi connectivity index (χ4n) is 2.93. The van der Waals surface area contributed by atoms with E-state index in [-0.39, 0.29) is 0 Å². The van der Waals surface area contributed by atoms with Crippen molar-refractivity contribution in [3.8, 4) is 0 Å². The predicted molar refractivity (Wildman–Crippen MR) is 98.7 cm³/mol. The molecule has 0 fully saturated rings. The molecule has 0 saturated heterocycles. The Bertz CT molecular complexity index is 231. The van der Waals surface area contributed by atoms with Gasteiger partial charge in [0.1, 0.15) is 5.79 Å². The zero-order valence-corrected chi connectivity index (χ0v) is 15.4. The van der Waals surface area contributed by atoms with Gasteiger partial charge < -0.3 is 16.8 Å². The highest BCUT2D eigenvalue weighted by Gasteiger charge is 2.28. The summed E-state index contributed by atoms with van der Waals surface area (Å²) in [4.78, 5) is 0. The number of unbranched alkanes of at least 4 members (excludes halogenated alkanes) is 4. The van der Waals surface area contributed by atoms with Gasteiger partial charge in [0.25, 0.3) is 0 Å². The van der Waals surface area contributed by atoms with Crippen molar-refractivity contribution in [1.29, 1.82) is 0 Å². The average molecular weight is 315 g/mol. The van der Waals surface area contributed by atoms with Crippen LogP contribution in [0.15, 0.2) is 0 Å². The highest BCUT2D eigenvalue weighted by molar-refractivity contribution is 4.82. The number of hydrogen-bond donors (Lipinski definition) is 4. The van der Waals surface area contributed by atoms with E-state index in [0.29, 0.717) is 5.92 Å². The summed E-state index contributed by atoms with van der Waals surface area (Å²) >= 11 is 0. The smallest absolute Gasteiger partial charge is 0.121 e. The van der Waals surface area contributed by atoms with Crippen LogP contribution in [-0.4, -0.2) is 25.4 Å². The molecule has 0 aromatic carbocycles. The lowest BCUT2D eigenvalue weighted by Crippen LogP contribution is -2.66. The Balaban J connectivity index is 3.77. The standard InChI is InChI=1S/C18H42N4/c1-4-12-17(18(19,20)22-15-6-3)13-10-8-7-9-11-16-21-14-5-2/h17,21-22H,4-16,19-20H2,1-3H3. The molecule has 0 aliphatic rings. The highest BCUT2D eigenvalue weighted by Crippen LogP contribution is 2.21. The fraction of sp³-hybridized carbons (Fsp3) is 1.00. The molecule has 0 rings (SSSR count). The molecule has 0 amide bonds. The van der Waals surface area contributed by atoms with Crippen molar-refractivity contribution in [2.45, 2.75) is 90.8 Å². The molecule has 0 aliphatic carbocycles. The van der Waals surface area contributed by atoms with Crippen LogP contribution < -0.4 is 22.1 Å². The lowest BCUT2D eigenvalue weighted by Gasteiger charge is -2.35. The van der Waals surface area contributed by atoms with Gasteiger partial charge in [-0.15, -0.1) is 0 Å². The van der Waals surface area contributed by atoms with Crippen LogP contribution in [0.3, 0.4) is 0 Å². The quantitative estimate of drug-likeness (QED) is 0.260. The van der Waals surface area contributed by atoms with Gasteiger partial charge in [-0.25, -0.2) is 0 Å². The minimum atomic E-state index is -0.698. The van der Waals surface area contributed by atoms with Crippen LogP contribution in [-0.2, 0) is 0 Å². The Hall–Kier alpha value is -0.160. The number of nitrogens with two attached hydrogens (primary N) is 2. The fourth-order valence-corrected chi connectivity index (χ4v) is 2.93. The first-order valence-corrected chi connectivity index (χ1v) is 9.61. The monoisotopic (exact) mass is 314 g/mol. The van der Waals surface area contributed by atoms with Crippen molar-refractivity contribution in [2.24, 2.45) is 17.4 Å². The summed E-state index contributed by atoms with van der Waals surface area (Å²) in [6.45, 7) is 9.79. The van der Waals surface area contributed by atoms with E-state index in [4.69, 9.17) is 11.5 Å². The second-order valence-electron chi connectivity index (χ2n) is 6.65. The van der Waals surface area contributed by atoms with E-state index in [9.17, 15) is 0 Å². The van der Waals surface area contributed by atoms with E-state index in [1.165, 1.54) is 45.1 Å². The Morgan fingerprint density at radius 2 is 1.36 bits per heavy atom. The third kappa shape index (κ3) is 11.4. The predicted octanol–water partition coefficient (Wildman–Crippen LogP) is 3.31. The van der Waals surface area contributed by atoms with Crippen LogP contribution in [0.1, 0.15) is 85.0 Å². The molecule has 0 aliphatic heterocycles. The molecule has 0 saturated carbocycles. The van der Waals surface area contributed by atoms with Gasteiger partial charge in [-0.05, 0) is 51.7 Å². The molecule has 134 valence electrons. The number of rotatable bonds is 16. The van der Waals surface area contributed by atoms with Crippen molar-refractivity contribution in [1.82, 2.24) is 10.6 Å². The lowest BCUT2D eigenvalue weighted by atomic mass is 9.89. The Kier molecular flexibility index (Phi) is 14.3. The molecule has 0 heterocycles. The van der Waals surface area contributed by atoms with Crippen LogP contribution in [0.4, 0.5) is 0 Å². The van der Waals surface area contributed by atoms with E-state index in [0.717, 1.165) is 38.8 Å². The molecule has 0 radical (unpaired) electrons. The second kappa shape index (κ2) is 14.4. The number of nitrogens with one attached hydrogen (secondary N) is 2. The lowest BCUT2D eigenvalue weighted by molar-refractivity contribution is 0.192. The summed E-state index contributed by atoms with van der Waals surface area (Å²) in [7, 11) is 0. The third-order valence-electron chi connectivity index (χ3n) is 4.33. The molecular formula is C18H42N4. The zero-order valence-electron chi connectivity index (χ0n) is 15.4. The van der Waals surface area contributed by atoms with E-state index in [1.54, 1.807) is 0 Å². The van der Waals surface area contributed by atoms with E-state index in [2.05, 4.69) is 31.4 Å². The van der Waals surface area contributed by atoms with Crippen molar-refractivity contribution in [3.63, 3.8) is 0 Å². The molecule has 0 aromatic rings. The van der Waals surface area contributed by atoms with Crippen LogP contribution >= 0.6 is 0 Å². The molecule has 0 aromatic heterocycles. The highest BCUT2D eigenvalue weighted by atomic mass is 15.2. The molecule has 1 atom stereocenters. The first-order valence-electron chi connectivity index (χ1n) is 9.61. The first kappa shape index (κ1) is 21.8. The van der Waals surface area contributed by atoms with Gasteiger partial charge in [0, 0.05) is 5.92 Å². The van der Waals surface area contributed by atoms with Crippen LogP contribution in [0.5, 0.6) is 0 Å². The van der Waals surface area contributed by atoms with Gasteiger partial charge in [0.2, 0.25) is 0 Å². The van der Waals surface area contributed by atoms with Crippen molar-refractivity contribution in [3.05, 3.63) is 0 Å². The summed E-state index contributed by atoms with van der Waals surface area (Å²) in [6, 6.07) is 0. The normalized spacial score (nSPS) is 13.5. The molecule has 4 heteroatoms. The maximum absolute atomic E-state index is 6.30. The second-order valence-corrected chi connectivity index (χ2v) is 6.65. The molecular weight excluding hydrogens is 272 g/mol. The molecule has 1 unspecified atom stereocenters. The molecule has 4 nitrogen and oxygen atoms in total. The molecule has 0 spiro atoms. The Morgan fingerprint density at radius 1 is 0.727 bits per heavy atom. The van der Waals surface area contributed by atoms with Gasteiger partial charge in [0.05, 0.1) is 0 Å². The number of hydrogen-bond acceptors (Lipinski definition) is 4. The minimum absolute atomic E-state index is 0.385. The van der Waals surface area contributed by atoms with Crippen molar-refractivity contribution < 1.29 is 0 Å². The van der Waals surface area contributed by atoms with E-state index < -0.39 is 5.79 Å². The van der Waals surface area contributed by atoms with Crippen LogP contribution in [0, 0.1) is 5.92 Å². The Labute approximate surface area is 139 Å². The van der Waals surface area contributed by atoms with Gasteiger partial charge in [-0.2, -0.15) is 0 Å². The maximum atomic E-state index is 6.30. The summed E-state index contributed by atoms with van der Waals surface area (Å²) in [5.74, 6) is -0.314. The summed E-state index contributed by atoms with van der Waals surface area (Å²) in [6.07, 6.45) is 12.2. The van der Waals surface area contributed by atoms with Gasteiger partial charge in [-0.1, -0.05) is 52.9 Å². The SMILES string of the molecule is CCCNCCCCCCCC(CCC)C(N)(N)NCCC. The molecule has 22 heavy (non-hydrogen) atoms. The largest absolute Gasteiger partial charge is 0.317 e. The average Bonchev–Trinajstić information content (AvgIpc) is 2.50. The van der Waals surface area contributed by atoms with Gasteiger partial charge >= 0.3 is 0 Å². The van der Waals surface area contributed by atoms with E-state index in [1.807, 2.05) is 0 Å². The third-order valence-corrected chi connectivity index (χ3v) is 4.33. The molecule has 0 bridgehead atoms. The summed E-state index contributed by atoms with van der Waals surface area (Å²) in [5, 5.41) is 6.78. The minimum Gasteiger partial charge on any atom is -0.317 e. The van der Waals surface area contributed by atoms with E-state index >= 15 is 0 Å².